The Morgan fingerprint density at radius 2 is 2.00 bits per heavy atom. The lowest BCUT2D eigenvalue weighted by molar-refractivity contribution is 0.589. The Morgan fingerprint density at radius 3 is 2.65 bits per heavy atom. The van der Waals surface area contributed by atoms with Crippen molar-refractivity contribution < 1.29 is 4.42 Å². The molecule has 2 heteroatoms. The molecule has 0 saturated heterocycles. The molecule has 0 spiro atoms. The van der Waals surface area contributed by atoms with Gasteiger partial charge in [-0.2, -0.15) is 0 Å². The van der Waals surface area contributed by atoms with E-state index in [4.69, 9.17) is 4.42 Å². The Labute approximate surface area is 103 Å². The topological polar surface area (TPSA) is 25.2 Å². The molecule has 0 amide bonds. The Kier molecular flexibility index (Phi) is 3.25. The molecule has 1 aromatic heterocycles. The van der Waals surface area contributed by atoms with Crippen molar-refractivity contribution >= 4 is 11.0 Å². The van der Waals surface area contributed by atoms with Gasteiger partial charge in [-0.15, -0.1) is 0 Å². The molecular weight excluding hydrogens is 210 g/mol. The van der Waals surface area contributed by atoms with Gasteiger partial charge in [-0.05, 0) is 48.7 Å². The molecule has 2 aromatic rings. The lowest BCUT2D eigenvalue weighted by atomic mass is 9.86. The molecule has 0 aliphatic carbocycles. The second-order valence-electron chi connectivity index (χ2n) is 5.58. The summed E-state index contributed by atoms with van der Waals surface area (Å²) < 4.78 is 5.59. The number of hydrogen-bond donors (Lipinski definition) is 1. The minimum Gasteiger partial charge on any atom is -0.464 e. The summed E-state index contributed by atoms with van der Waals surface area (Å²) in [5.41, 5.74) is 3.83. The molecule has 0 aliphatic heterocycles. The van der Waals surface area contributed by atoms with Gasteiger partial charge in [-0.1, -0.05) is 26.8 Å². The summed E-state index contributed by atoms with van der Waals surface area (Å²) in [5, 5.41) is 4.43. The van der Waals surface area contributed by atoms with Crippen LogP contribution in [-0.2, 0) is 11.8 Å². The van der Waals surface area contributed by atoms with Crippen LogP contribution in [0.5, 0.6) is 0 Å². The van der Waals surface area contributed by atoms with Crippen LogP contribution < -0.4 is 5.32 Å². The van der Waals surface area contributed by atoms with E-state index in [-0.39, 0.29) is 5.41 Å². The molecule has 0 unspecified atom stereocenters. The van der Waals surface area contributed by atoms with E-state index in [9.17, 15) is 0 Å². The molecule has 0 fully saturated rings. The molecule has 0 saturated carbocycles. The van der Waals surface area contributed by atoms with E-state index in [1.807, 2.05) is 13.3 Å². The fourth-order valence-electron chi connectivity index (χ4n) is 2.00. The summed E-state index contributed by atoms with van der Waals surface area (Å²) in [4.78, 5) is 0. The molecule has 1 N–H and O–H groups in total. The highest BCUT2D eigenvalue weighted by Crippen LogP contribution is 2.29. The third kappa shape index (κ3) is 2.52. The van der Waals surface area contributed by atoms with Crippen LogP contribution in [0.2, 0.25) is 0 Å². The number of benzene rings is 1. The van der Waals surface area contributed by atoms with Crippen molar-refractivity contribution in [1.82, 2.24) is 5.32 Å². The van der Waals surface area contributed by atoms with Crippen LogP contribution in [0.3, 0.4) is 0 Å². The monoisotopic (exact) mass is 231 g/mol. The number of hydrogen-bond acceptors (Lipinski definition) is 2. The van der Waals surface area contributed by atoms with Crippen LogP contribution in [0.15, 0.2) is 28.9 Å². The second-order valence-corrected chi connectivity index (χ2v) is 5.58. The molecule has 0 aliphatic rings. The van der Waals surface area contributed by atoms with Crippen molar-refractivity contribution in [1.29, 1.82) is 0 Å². The molecule has 2 rings (SSSR count). The normalized spacial score (nSPS) is 12.2. The fraction of sp³-hybridized carbons (Fsp3) is 0.467. The van der Waals surface area contributed by atoms with E-state index in [2.05, 4.69) is 44.3 Å². The minimum atomic E-state index is 0.186. The molecule has 1 heterocycles. The van der Waals surface area contributed by atoms with Gasteiger partial charge >= 0.3 is 0 Å². The summed E-state index contributed by atoms with van der Waals surface area (Å²) in [6.07, 6.45) is 2.89. The average molecular weight is 231 g/mol. The quantitative estimate of drug-likeness (QED) is 0.874. The van der Waals surface area contributed by atoms with Gasteiger partial charge < -0.3 is 9.73 Å². The smallest absolute Gasteiger partial charge is 0.134 e. The molecule has 0 atom stereocenters. The maximum atomic E-state index is 5.59. The van der Waals surface area contributed by atoms with Crippen LogP contribution in [0, 0.1) is 0 Å². The first-order valence-electron chi connectivity index (χ1n) is 6.17. The van der Waals surface area contributed by atoms with Crippen LogP contribution in [0.4, 0.5) is 0 Å². The summed E-state index contributed by atoms with van der Waals surface area (Å²) in [6, 6.07) is 6.51. The van der Waals surface area contributed by atoms with Crippen molar-refractivity contribution in [3.63, 3.8) is 0 Å². The predicted octanol–water partition coefficient (Wildman–Crippen LogP) is 3.49. The summed E-state index contributed by atoms with van der Waals surface area (Å²) in [5.74, 6) is 0. The maximum Gasteiger partial charge on any atom is 0.134 e. The van der Waals surface area contributed by atoms with Crippen LogP contribution in [-0.4, -0.2) is 13.6 Å². The highest BCUT2D eigenvalue weighted by Gasteiger charge is 2.15. The van der Waals surface area contributed by atoms with E-state index in [1.54, 1.807) is 0 Å². The van der Waals surface area contributed by atoms with Gasteiger partial charge in [0.05, 0.1) is 6.26 Å². The van der Waals surface area contributed by atoms with Crippen molar-refractivity contribution in [3.8, 4) is 0 Å². The zero-order chi connectivity index (χ0) is 12.5. The molecule has 0 bridgehead atoms. The van der Waals surface area contributed by atoms with Gasteiger partial charge in [0, 0.05) is 5.39 Å². The van der Waals surface area contributed by atoms with E-state index in [1.165, 1.54) is 16.5 Å². The first-order valence-corrected chi connectivity index (χ1v) is 6.17. The minimum absolute atomic E-state index is 0.186. The molecule has 0 radical (unpaired) electrons. The predicted molar refractivity (Wildman–Crippen MR) is 72.5 cm³/mol. The Morgan fingerprint density at radius 1 is 1.24 bits per heavy atom. The standard InChI is InChI=1S/C15H21NO/c1-15(2,3)12-5-6-14-13(9-12)11(10-17-14)7-8-16-4/h5-6,9-10,16H,7-8H2,1-4H3. The fourth-order valence-corrected chi connectivity index (χ4v) is 2.00. The van der Waals surface area contributed by atoms with Crippen molar-refractivity contribution in [3.05, 3.63) is 35.6 Å². The summed E-state index contributed by atoms with van der Waals surface area (Å²) in [7, 11) is 1.98. The third-order valence-electron chi connectivity index (χ3n) is 3.16. The lowest BCUT2D eigenvalue weighted by Gasteiger charge is -2.18. The molecule has 1 aromatic carbocycles. The van der Waals surface area contributed by atoms with Gasteiger partial charge in [0.2, 0.25) is 0 Å². The van der Waals surface area contributed by atoms with Gasteiger partial charge in [0.15, 0.2) is 0 Å². The van der Waals surface area contributed by atoms with Crippen molar-refractivity contribution in [2.24, 2.45) is 0 Å². The van der Waals surface area contributed by atoms with Gasteiger partial charge in [-0.25, -0.2) is 0 Å². The Balaban J connectivity index is 2.43. The van der Waals surface area contributed by atoms with Crippen molar-refractivity contribution in [2.45, 2.75) is 32.6 Å². The zero-order valence-electron chi connectivity index (χ0n) is 11.1. The van der Waals surface area contributed by atoms with E-state index in [0.717, 1.165) is 18.5 Å². The van der Waals surface area contributed by atoms with Crippen LogP contribution in [0.25, 0.3) is 11.0 Å². The van der Waals surface area contributed by atoms with Crippen molar-refractivity contribution in [2.75, 3.05) is 13.6 Å². The van der Waals surface area contributed by atoms with E-state index in [0.29, 0.717) is 0 Å². The molecule has 2 nitrogen and oxygen atoms in total. The molecular formula is C15H21NO. The summed E-state index contributed by atoms with van der Waals surface area (Å²) >= 11 is 0. The third-order valence-corrected chi connectivity index (χ3v) is 3.16. The average Bonchev–Trinajstić information content (AvgIpc) is 2.67. The number of rotatable bonds is 3. The van der Waals surface area contributed by atoms with Gasteiger partial charge in [0.1, 0.15) is 5.58 Å². The first kappa shape index (κ1) is 12.2. The number of furan rings is 1. The molecule has 92 valence electrons. The highest BCUT2D eigenvalue weighted by atomic mass is 16.3. The maximum absolute atomic E-state index is 5.59. The first-order chi connectivity index (χ1) is 8.02. The largest absolute Gasteiger partial charge is 0.464 e. The number of likely N-dealkylation sites (N-methyl/N-ethyl adjacent to an activating group) is 1. The molecule has 17 heavy (non-hydrogen) atoms. The van der Waals surface area contributed by atoms with Gasteiger partial charge in [0.25, 0.3) is 0 Å². The van der Waals surface area contributed by atoms with Crippen LogP contribution >= 0.6 is 0 Å². The lowest BCUT2D eigenvalue weighted by Crippen LogP contribution is -2.11. The Bertz CT molecular complexity index is 505. The van der Waals surface area contributed by atoms with Crippen LogP contribution in [0.1, 0.15) is 31.9 Å². The Hall–Kier alpha value is -1.28. The summed E-state index contributed by atoms with van der Waals surface area (Å²) in [6.45, 7) is 7.69. The van der Waals surface area contributed by atoms with E-state index >= 15 is 0 Å². The number of nitrogens with one attached hydrogen (secondary N) is 1. The SMILES string of the molecule is CNCCc1coc2ccc(C(C)(C)C)cc12. The highest BCUT2D eigenvalue weighted by molar-refractivity contribution is 5.82. The zero-order valence-corrected chi connectivity index (χ0v) is 11.1. The van der Waals surface area contributed by atoms with Gasteiger partial charge in [-0.3, -0.25) is 0 Å². The number of fused-ring (bicyclic) bond motifs is 1. The second kappa shape index (κ2) is 4.53. The van der Waals surface area contributed by atoms with E-state index < -0.39 is 0 Å².